The van der Waals surface area contributed by atoms with Gasteiger partial charge in [-0.2, -0.15) is 0 Å². The van der Waals surface area contributed by atoms with Crippen LogP contribution in [-0.4, -0.2) is 49.2 Å². The summed E-state index contributed by atoms with van der Waals surface area (Å²) in [6.07, 6.45) is 13.5. The first kappa shape index (κ1) is 101. The van der Waals surface area contributed by atoms with Gasteiger partial charge in [-0.05, 0) is 32.1 Å². The van der Waals surface area contributed by atoms with E-state index >= 15 is 0 Å². The fourth-order valence-electron chi connectivity index (χ4n) is 15.0. The molecule has 3 aliphatic carbocycles. The average Bonchev–Trinajstić information content (AvgIpc) is 1.61. The SMILES string of the molecule is CC(C)(C)C1=C(C(C)(C)C)OB(O)O1.CC(C)(C)C1=C(C(C)(C)C)OC(c2ccccc2)(c2ccccc2)O1.CC(C)(C)C1=C(C(C)(C)C)OC2(CCC2)O1.CC(C)(C)C1=C(C(C)(C)C)OC2(CCCC2)O1.CC(C)(C)C1=C(C(C)(C)C)OC2(CCCCC2)O1.CC(C)(C)C1=C(C(C)(C)C)OCCO1.CC1OC(C(C)(C)C)=C(C(C)(C)C)O1. The zero-order valence-electron chi connectivity index (χ0n) is 83.0. The molecule has 0 bridgehead atoms. The molecule has 0 aromatic heterocycles. The highest BCUT2D eigenvalue weighted by Crippen LogP contribution is 2.58. The third-order valence-corrected chi connectivity index (χ3v) is 21.2. The minimum atomic E-state index is -1.14. The lowest BCUT2D eigenvalue weighted by molar-refractivity contribution is -0.212. The van der Waals surface area contributed by atoms with Crippen LogP contribution >= 0.6 is 0 Å². The maximum Gasteiger partial charge on any atom is 0.785 e. The Hall–Kier alpha value is -6.16. The molecule has 3 fully saturated rings. The molecule has 0 unspecified atom stereocenters. The second kappa shape index (κ2) is 35.6. The summed E-state index contributed by atoms with van der Waals surface area (Å²) in [5.41, 5.74) is 1.68. The second-order valence-corrected chi connectivity index (χ2v) is 48.7. The van der Waals surface area contributed by atoms with Gasteiger partial charge in [0.15, 0.2) is 0 Å². The molecule has 670 valence electrons. The molecule has 1 N–H and O–H groups in total. The van der Waals surface area contributed by atoms with E-state index in [4.69, 9.17) is 66.2 Å². The fraction of sp³-hybridized carbons (Fsp3) is 0.745. The fourth-order valence-corrected chi connectivity index (χ4v) is 15.0. The van der Waals surface area contributed by atoms with Crippen molar-refractivity contribution in [3.63, 3.8) is 0 Å². The van der Waals surface area contributed by atoms with Gasteiger partial charge in [0.05, 0.1) is 0 Å². The van der Waals surface area contributed by atoms with Gasteiger partial charge in [0, 0.05) is 132 Å². The van der Waals surface area contributed by atoms with E-state index in [9.17, 15) is 5.02 Å². The van der Waals surface area contributed by atoms with Crippen LogP contribution in [0.2, 0.25) is 0 Å². The molecule has 7 heterocycles. The van der Waals surface area contributed by atoms with Crippen molar-refractivity contribution in [2.24, 2.45) is 75.8 Å². The molecule has 15 nitrogen and oxygen atoms in total. The molecule has 0 radical (unpaired) electrons. The zero-order chi connectivity index (χ0) is 90.3. The van der Waals surface area contributed by atoms with Crippen LogP contribution in [0, 0.1) is 75.8 Å². The van der Waals surface area contributed by atoms with Crippen LogP contribution in [0.5, 0.6) is 0 Å². The first-order valence-electron chi connectivity index (χ1n) is 44.5. The molecule has 0 saturated heterocycles. The molecule has 118 heavy (non-hydrogen) atoms. The van der Waals surface area contributed by atoms with Gasteiger partial charge in [-0.3, -0.25) is 0 Å². The van der Waals surface area contributed by atoms with Crippen molar-refractivity contribution in [1.82, 2.24) is 0 Å². The maximum atomic E-state index is 9.31. The Labute approximate surface area is 720 Å². The van der Waals surface area contributed by atoms with Crippen LogP contribution in [-0.2, 0) is 71.9 Å². The minimum Gasteiger partial charge on any atom is -0.501 e. The summed E-state index contributed by atoms with van der Waals surface area (Å²) in [6.45, 7) is 93.9. The number of ether oxygens (including phenoxy) is 12. The normalized spacial score (nSPS) is 20.8. The second-order valence-electron chi connectivity index (χ2n) is 48.7. The molecule has 0 amide bonds. The summed E-state index contributed by atoms with van der Waals surface area (Å²) in [5.74, 6) is 11.8. The average molecular weight is 1650 g/mol. The smallest absolute Gasteiger partial charge is 0.501 e. The number of allylic oxidation sites excluding steroid dienone is 14. The molecule has 2 aromatic rings. The van der Waals surface area contributed by atoms with Crippen molar-refractivity contribution in [3.05, 3.63) is 152 Å². The van der Waals surface area contributed by atoms with E-state index in [1.54, 1.807) is 0 Å². The molecular weight excluding hydrogens is 1480 g/mol. The van der Waals surface area contributed by atoms with Gasteiger partial charge in [0.25, 0.3) is 17.4 Å². The maximum absolute atomic E-state index is 9.31. The van der Waals surface area contributed by atoms with Crippen molar-refractivity contribution >= 4 is 7.32 Å². The zero-order valence-corrected chi connectivity index (χ0v) is 83.0. The van der Waals surface area contributed by atoms with E-state index in [0.29, 0.717) is 13.2 Å². The Morgan fingerprint density at radius 2 is 0.441 bits per heavy atom. The Morgan fingerprint density at radius 3 is 0.636 bits per heavy atom. The first-order chi connectivity index (χ1) is 53.0. The molecule has 10 aliphatic rings. The van der Waals surface area contributed by atoms with Gasteiger partial charge < -0.3 is 71.2 Å². The van der Waals surface area contributed by atoms with Crippen LogP contribution in [0.15, 0.2) is 141 Å². The number of hydrogen-bond donors (Lipinski definition) is 1. The van der Waals surface area contributed by atoms with E-state index in [1.165, 1.54) is 38.5 Å². The molecular formula is C102H169BO15. The Balaban J connectivity index is 0.000000216. The lowest BCUT2D eigenvalue weighted by atomic mass is 9.84. The highest BCUT2D eigenvalue weighted by Gasteiger charge is 2.56. The monoisotopic (exact) mass is 1650 g/mol. The predicted molar refractivity (Wildman–Crippen MR) is 481 cm³/mol. The van der Waals surface area contributed by atoms with E-state index < -0.39 is 13.1 Å². The largest absolute Gasteiger partial charge is 0.785 e. The van der Waals surface area contributed by atoms with Crippen LogP contribution in [0.4, 0.5) is 0 Å². The molecule has 7 aliphatic heterocycles. The van der Waals surface area contributed by atoms with Gasteiger partial charge in [0.1, 0.15) is 93.8 Å². The van der Waals surface area contributed by atoms with Gasteiger partial charge >= 0.3 is 13.1 Å². The third-order valence-electron chi connectivity index (χ3n) is 21.2. The van der Waals surface area contributed by atoms with Crippen molar-refractivity contribution in [3.8, 4) is 0 Å². The van der Waals surface area contributed by atoms with E-state index in [-0.39, 0.29) is 99.5 Å². The summed E-state index contributed by atoms with van der Waals surface area (Å²) < 4.78 is 84.4. The van der Waals surface area contributed by atoms with Crippen LogP contribution in [0.25, 0.3) is 0 Å². The van der Waals surface area contributed by atoms with Crippen molar-refractivity contribution in [2.75, 3.05) is 13.2 Å². The molecule has 0 atom stereocenters. The molecule has 12 rings (SSSR count). The van der Waals surface area contributed by atoms with Crippen molar-refractivity contribution < 1.29 is 71.2 Å². The Bertz CT molecular complexity index is 3620. The minimum absolute atomic E-state index is 0.0174. The summed E-state index contributed by atoms with van der Waals surface area (Å²) in [6, 6.07) is 20.4. The van der Waals surface area contributed by atoms with Crippen LogP contribution < -0.4 is 0 Å². The molecule has 3 saturated carbocycles. The summed E-state index contributed by atoms with van der Waals surface area (Å²) >= 11 is 0. The number of rotatable bonds is 2. The van der Waals surface area contributed by atoms with E-state index in [0.717, 1.165) is 130 Å². The summed E-state index contributed by atoms with van der Waals surface area (Å²) in [5, 5.41) is 9.31. The van der Waals surface area contributed by atoms with Crippen molar-refractivity contribution in [1.29, 1.82) is 0 Å². The first-order valence-corrected chi connectivity index (χ1v) is 44.5. The Kier molecular flexibility index (Phi) is 30.4. The van der Waals surface area contributed by atoms with Gasteiger partial charge in [-0.25, -0.2) is 0 Å². The third kappa shape index (κ3) is 26.0. The summed E-state index contributed by atoms with van der Waals surface area (Å²) in [4.78, 5) is 0. The standard InChI is InChI=1S/C23H28O2.C16H28O2.C15H26O2.C14H24O2.2C12H22O2.C10H19BO3/c1-21(2,3)19-20(22(4,5)6)25-23(24-19,17-13-9-7-10-14-17)18-15-11-8-12-16-18;1-14(2,3)12-13(15(4,5)6)18-16(17-12)10-8-7-9-11-16;1-13(2,3)11-12(14(4,5)6)17-15(16-11)9-7-8-10-15;1-12(2,3)10-11(13(4,5)6)16-14(15-10)8-7-9-14;1-11(2,3)9-10(12(4,5)6)14-8-7-13-9;1-8-13-9(11(2,3)4)10(14-8)12(5,6)7;1-9(2,3)7-8(10(4,5)6)14-11(12)13-7/h7-16H,1-6H3;7-11H2,1-6H3;7-10H2,1-6H3;7-9H2,1-6H3;7-8H2,1-6H3;8H,1-7H3;12H,1-6H3. The Morgan fingerprint density at radius 1 is 0.246 bits per heavy atom. The van der Waals surface area contributed by atoms with Gasteiger partial charge in [0.2, 0.25) is 6.29 Å². The highest BCUT2D eigenvalue weighted by molar-refractivity contribution is 6.36. The number of benzene rings is 2. The van der Waals surface area contributed by atoms with E-state index in [2.05, 4.69) is 274 Å². The van der Waals surface area contributed by atoms with E-state index in [1.807, 2.05) is 84.9 Å². The molecule has 2 aromatic carbocycles. The van der Waals surface area contributed by atoms with Crippen LogP contribution in [0.3, 0.4) is 0 Å². The quantitative estimate of drug-likeness (QED) is 0.284. The van der Waals surface area contributed by atoms with Gasteiger partial charge in [-0.1, -0.05) is 358 Å². The highest BCUT2D eigenvalue weighted by atomic mass is 16.8. The number of hydrogen-bond acceptors (Lipinski definition) is 15. The molecule has 3 spiro atoms. The predicted octanol–water partition coefficient (Wildman–Crippen LogP) is 29.4. The lowest BCUT2D eigenvalue weighted by Gasteiger charge is -2.38. The topological polar surface area (TPSA) is 149 Å². The van der Waals surface area contributed by atoms with Crippen molar-refractivity contribution in [2.45, 2.75) is 404 Å². The molecule has 16 heteroatoms. The lowest BCUT2D eigenvalue weighted by Crippen LogP contribution is -2.39. The van der Waals surface area contributed by atoms with Crippen LogP contribution in [0.1, 0.15) is 386 Å². The van der Waals surface area contributed by atoms with Gasteiger partial charge in [-0.15, -0.1) is 0 Å². The summed E-state index contributed by atoms with van der Waals surface area (Å²) in [7, 11) is -1.14.